The highest BCUT2D eigenvalue weighted by molar-refractivity contribution is 5.28. The third-order valence-corrected chi connectivity index (χ3v) is 4.42. The summed E-state index contributed by atoms with van der Waals surface area (Å²) in [6.07, 6.45) is 4.57. The van der Waals surface area contributed by atoms with E-state index in [0.717, 1.165) is 23.6 Å². The highest BCUT2D eigenvalue weighted by Gasteiger charge is 2.16. The molecule has 3 rings (SSSR count). The Hall–Kier alpha value is -2.76. The topological polar surface area (TPSA) is 73.1 Å². The molecule has 3 aromatic rings. The van der Waals surface area contributed by atoms with E-state index < -0.39 is 0 Å². The molecule has 27 heavy (non-hydrogen) atoms. The molecule has 0 fully saturated rings. The van der Waals surface area contributed by atoms with Crippen molar-refractivity contribution in [1.82, 2.24) is 15.3 Å². The molecule has 1 unspecified atom stereocenters. The molecular weight excluding hydrogens is 336 g/mol. The predicted octanol–water partition coefficient (Wildman–Crippen LogP) is 3.47. The van der Waals surface area contributed by atoms with E-state index >= 15 is 0 Å². The third kappa shape index (κ3) is 5.36. The van der Waals surface area contributed by atoms with Gasteiger partial charge in [-0.2, -0.15) is 0 Å². The Labute approximate surface area is 160 Å². The average molecular weight is 362 g/mol. The lowest BCUT2D eigenvalue weighted by Gasteiger charge is -2.18. The Morgan fingerprint density at radius 3 is 2.04 bits per heavy atom. The second-order valence-corrected chi connectivity index (χ2v) is 6.35. The average Bonchev–Trinajstić information content (AvgIpc) is 2.75. The molecule has 0 aliphatic heterocycles. The van der Waals surface area contributed by atoms with Gasteiger partial charge in [0.15, 0.2) is 0 Å². The molecule has 0 amide bonds. The van der Waals surface area contributed by atoms with Crippen LogP contribution in [0.4, 0.5) is 0 Å². The molecule has 0 bridgehead atoms. The molecule has 1 atom stereocenters. The maximum atomic E-state index is 5.87. The molecule has 0 saturated heterocycles. The first-order valence-corrected chi connectivity index (χ1v) is 9.31. The molecule has 1 aromatic carbocycles. The van der Waals surface area contributed by atoms with Gasteiger partial charge in [-0.1, -0.05) is 31.2 Å². The number of rotatable bonds is 9. The summed E-state index contributed by atoms with van der Waals surface area (Å²) < 4.78 is 5.87. The van der Waals surface area contributed by atoms with E-state index in [1.165, 1.54) is 5.56 Å². The summed E-state index contributed by atoms with van der Waals surface area (Å²) in [5, 5.41) is 3.57. The minimum absolute atomic E-state index is 0.0617. The smallest absolute Gasteiger partial charge is 0.119 e. The van der Waals surface area contributed by atoms with Crippen LogP contribution >= 0.6 is 0 Å². The lowest BCUT2D eigenvalue weighted by atomic mass is 10.1. The molecule has 140 valence electrons. The largest absolute Gasteiger partial charge is 0.489 e. The number of aromatic nitrogens is 2. The summed E-state index contributed by atoms with van der Waals surface area (Å²) in [7, 11) is 0. The first-order valence-electron chi connectivity index (χ1n) is 9.31. The molecule has 0 aliphatic carbocycles. The van der Waals surface area contributed by atoms with Crippen LogP contribution in [0.2, 0.25) is 0 Å². The molecule has 0 saturated carbocycles. The molecule has 5 nitrogen and oxygen atoms in total. The zero-order valence-electron chi connectivity index (χ0n) is 15.6. The number of nitrogens with zero attached hydrogens (tertiary/aromatic N) is 2. The van der Waals surface area contributed by atoms with Gasteiger partial charge in [-0.3, -0.25) is 15.3 Å². The summed E-state index contributed by atoms with van der Waals surface area (Å²) in [6, 6.07) is 19.9. The molecule has 5 heteroatoms. The Kier molecular flexibility index (Phi) is 6.90. The van der Waals surface area contributed by atoms with Crippen molar-refractivity contribution in [2.75, 3.05) is 6.54 Å². The normalized spacial score (nSPS) is 12.1. The monoisotopic (exact) mass is 362 g/mol. The zero-order chi connectivity index (χ0) is 18.9. The van der Waals surface area contributed by atoms with E-state index in [2.05, 4.69) is 34.3 Å². The number of nitrogens with one attached hydrogen (secondary N) is 1. The van der Waals surface area contributed by atoms with Crippen molar-refractivity contribution < 1.29 is 4.74 Å². The van der Waals surface area contributed by atoms with Gasteiger partial charge in [-0.15, -0.1) is 0 Å². The van der Waals surface area contributed by atoms with Crippen molar-refractivity contribution >= 4 is 0 Å². The number of ether oxygens (including phenoxy) is 1. The highest BCUT2D eigenvalue weighted by Crippen LogP contribution is 2.20. The molecule has 2 aromatic heterocycles. The fraction of sp³-hybridized carbons (Fsp3) is 0.273. The van der Waals surface area contributed by atoms with E-state index in [4.69, 9.17) is 10.5 Å². The van der Waals surface area contributed by atoms with Crippen molar-refractivity contribution in [1.29, 1.82) is 0 Å². The van der Waals surface area contributed by atoms with Crippen LogP contribution in [0.1, 0.15) is 36.3 Å². The Balaban J connectivity index is 1.69. The second kappa shape index (κ2) is 9.80. The van der Waals surface area contributed by atoms with Gasteiger partial charge in [0, 0.05) is 25.5 Å². The molecule has 2 heterocycles. The van der Waals surface area contributed by atoms with Gasteiger partial charge >= 0.3 is 0 Å². The number of hydrogen-bond acceptors (Lipinski definition) is 5. The van der Waals surface area contributed by atoms with Crippen molar-refractivity contribution in [3.8, 4) is 5.75 Å². The standard InChI is InChI=1S/C22H26N4O/c1-2-18(15-23)27-19-11-9-17(10-12-19)16-26-22(20-7-3-5-13-24-20)21-8-4-6-14-25-21/h3-14,18,22,26H,2,15-16,23H2,1H3. The highest BCUT2D eigenvalue weighted by atomic mass is 16.5. The second-order valence-electron chi connectivity index (χ2n) is 6.35. The van der Waals surface area contributed by atoms with Crippen LogP contribution in [0.3, 0.4) is 0 Å². The maximum absolute atomic E-state index is 5.87. The minimum atomic E-state index is -0.0648. The van der Waals surface area contributed by atoms with E-state index in [0.29, 0.717) is 13.1 Å². The van der Waals surface area contributed by atoms with Gasteiger partial charge in [0.05, 0.1) is 17.4 Å². The number of nitrogens with two attached hydrogens (primary N) is 1. The number of hydrogen-bond donors (Lipinski definition) is 2. The van der Waals surface area contributed by atoms with E-state index in [9.17, 15) is 0 Å². The first kappa shape index (κ1) is 19.0. The Bertz CT molecular complexity index is 750. The van der Waals surface area contributed by atoms with Crippen LogP contribution in [0.15, 0.2) is 73.1 Å². The van der Waals surface area contributed by atoms with Crippen LogP contribution in [0.25, 0.3) is 0 Å². The van der Waals surface area contributed by atoms with Crippen molar-refractivity contribution in [2.24, 2.45) is 5.73 Å². The first-order chi connectivity index (χ1) is 13.3. The van der Waals surface area contributed by atoms with Crippen LogP contribution in [-0.2, 0) is 6.54 Å². The molecule has 0 radical (unpaired) electrons. The maximum Gasteiger partial charge on any atom is 0.119 e. The van der Waals surface area contributed by atoms with Crippen molar-refractivity contribution in [3.05, 3.63) is 90.0 Å². The van der Waals surface area contributed by atoms with E-state index in [-0.39, 0.29) is 12.1 Å². The van der Waals surface area contributed by atoms with Gasteiger partial charge in [0.2, 0.25) is 0 Å². The summed E-state index contributed by atoms with van der Waals surface area (Å²) in [5.74, 6) is 0.849. The van der Waals surface area contributed by atoms with Crippen LogP contribution in [0.5, 0.6) is 5.75 Å². The van der Waals surface area contributed by atoms with E-state index in [1.807, 2.05) is 48.5 Å². The third-order valence-electron chi connectivity index (χ3n) is 4.42. The molecule has 0 spiro atoms. The number of pyridine rings is 2. The minimum Gasteiger partial charge on any atom is -0.489 e. The fourth-order valence-electron chi connectivity index (χ4n) is 2.85. The molecule has 0 aliphatic rings. The lowest BCUT2D eigenvalue weighted by Crippen LogP contribution is -2.25. The van der Waals surface area contributed by atoms with E-state index in [1.54, 1.807) is 12.4 Å². The SMILES string of the molecule is CCC(CN)Oc1ccc(CNC(c2ccccn2)c2ccccn2)cc1. The van der Waals surface area contributed by atoms with Gasteiger partial charge in [0.25, 0.3) is 0 Å². The Morgan fingerprint density at radius 2 is 1.56 bits per heavy atom. The fourth-order valence-corrected chi connectivity index (χ4v) is 2.85. The van der Waals surface area contributed by atoms with Crippen LogP contribution < -0.4 is 15.8 Å². The van der Waals surface area contributed by atoms with Gasteiger partial charge in [0.1, 0.15) is 11.9 Å². The molecular formula is C22H26N4O. The van der Waals surface area contributed by atoms with Crippen molar-refractivity contribution in [2.45, 2.75) is 32.0 Å². The van der Waals surface area contributed by atoms with Gasteiger partial charge in [-0.05, 0) is 48.4 Å². The van der Waals surface area contributed by atoms with Crippen LogP contribution in [-0.4, -0.2) is 22.6 Å². The predicted molar refractivity (Wildman–Crippen MR) is 107 cm³/mol. The van der Waals surface area contributed by atoms with Crippen LogP contribution in [0, 0.1) is 0 Å². The quantitative estimate of drug-likeness (QED) is 0.610. The summed E-state index contributed by atoms with van der Waals surface area (Å²) >= 11 is 0. The summed E-state index contributed by atoms with van der Waals surface area (Å²) in [6.45, 7) is 3.30. The lowest BCUT2D eigenvalue weighted by molar-refractivity contribution is 0.205. The summed E-state index contributed by atoms with van der Waals surface area (Å²) in [4.78, 5) is 9.00. The van der Waals surface area contributed by atoms with Gasteiger partial charge in [-0.25, -0.2) is 0 Å². The summed E-state index contributed by atoms with van der Waals surface area (Å²) in [5.41, 5.74) is 8.77. The number of benzene rings is 1. The Morgan fingerprint density at radius 1 is 0.926 bits per heavy atom. The molecule has 3 N–H and O–H groups in total. The zero-order valence-corrected chi connectivity index (χ0v) is 15.6. The van der Waals surface area contributed by atoms with Crippen molar-refractivity contribution in [3.63, 3.8) is 0 Å². The van der Waals surface area contributed by atoms with Gasteiger partial charge < -0.3 is 10.5 Å².